The van der Waals surface area contributed by atoms with Gasteiger partial charge in [-0.1, -0.05) is 25.3 Å². The van der Waals surface area contributed by atoms with Crippen LogP contribution in [0, 0.1) is 5.92 Å². The van der Waals surface area contributed by atoms with Crippen molar-refractivity contribution in [2.24, 2.45) is 5.92 Å². The van der Waals surface area contributed by atoms with E-state index < -0.39 is 10.0 Å². The molecule has 1 heterocycles. The summed E-state index contributed by atoms with van der Waals surface area (Å²) in [6.45, 7) is 0.597. The summed E-state index contributed by atoms with van der Waals surface area (Å²) in [6, 6.07) is 3.41. The van der Waals surface area contributed by atoms with Crippen molar-refractivity contribution < 1.29 is 8.42 Å². The van der Waals surface area contributed by atoms with Crippen molar-refractivity contribution in [2.45, 2.75) is 36.3 Å². The van der Waals surface area contributed by atoms with E-state index in [1.807, 2.05) is 0 Å². The van der Waals surface area contributed by atoms with Crippen LogP contribution in [0.1, 0.15) is 32.1 Å². The molecule has 5 heteroatoms. The summed E-state index contributed by atoms with van der Waals surface area (Å²) in [5.74, 6) is 0.531. The quantitative estimate of drug-likeness (QED) is 0.903. The van der Waals surface area contributed by atoms with Crippen LogP contribution >= 0.6 is 11.3 Å². The van der Waals surface area contributed by atoms with Gasteiger partial charge in [-0.25, -0.2) is 13.1 Å². The molecule has 1 aliphatic carbocycles. The second-order valence-electron chi connectivity index (χ2n) is 4.29. The highest BCUT2D eigenvalue weighted by atomic mass is 32.2. The van der Waals surface area contributed by atoms with E-state index in [4.69, 9.17) is 0 Å². The van der Waals surface area contributed by atoms with E-state index in [-0.39, 0.29) is 0 Å². The first kappa shape index (κ1) is 12.1. The monoisotopic (exact) mass is 259 g/mol. The zero-order valence-corrected chi connectivity index (χ0v) is 10.8. The van der Waals surface area contributed by atoms with Gasteiger partial charge in [0.25, 0.3) is 0 Å². The Morgan fingerprint density at radius 1 is 1.31 bits per heavy atom. The molecule has 1 fully saturated rings. The van der Waals surface area contributed by atoms with Gasteiger partial charge in [0.1, 0.15) is 4.21 Å². The fourth-order valence-electron chi connectivity index (χ4n) is 2.11. The van der Waals surface area contributed by atoms with Gasteiger partial charge in [0.2, 0.25) is 10.0 Å². The highest BCUT2D eigenvalue weighted by Crippen LogP contribution is 2.23. The van der Waals surface area contributed by atoms with Crippen LogP contribution in [0.25, 0.3) is 0 Å². The number of nitrogens with one attached hydrogen (secondary N) is 1. The van der Waals surface area contributed by atoms with E-state index in [9.17, 15) is 8.42 Å². The van der Waals surface area contributed by atoms with E-state index in [1.54, 1.807) is 17.5 Å². The van der Waals surface area contributed by atoms with Crippen LogP contribution in [0.4, 0.5) is 0 Å². The molecule has 1 N–H and O–H groups in total. The first-order chi connectivity index (χ1) is 7.68. The fraction of sp³-hybridized carbons (Fsp3) is 0.636. The van der Waals surface area contributed by atoms with Crippen LogP contribution in [-0.4, -0.2) is 15.0 Å². The molecule has 0 unspecified atom stereocenters. The van der Waals surface area contributed by atoms with Gasteiger partial charge < -0.3 is 0 Å². The van der Waals surface area contributed by atoms with Gasteiger partial charge >= 0.3 is 0 Å². The molecule has 16 heavy (non-hydrogen) atoms. The second-order valence-corrected chi connectivity index (χ2v) is 7.23. The van der Waals surface area contributed by atoms with Crippen LogP contribution in [-0.2, 0) is 10.0 Å². The van der Waals surface area contributed by atoms with Crippen molar-refractivity contribution in [3.63, 3.8) is 0 Å². The zero-order chi connectivity index (χ0) is 11.4. The minimum absolute atomic E-state index is 0.420. The molecular formula is C11H17NO2S2. The Bertz CT molecular complexity index is 405. The lowest BCUT2D eigenvalue weighted by Gasteiger charge is -2.21. The Morgan fingerprint density at radius 2 is 2.06 bits per heavy atom. The molecule has 0 atom stereocenters. The van der Waals surface area contributed by atoms with Crippen LogP contribution in [0.15, 0.2) is 21.7 Å². The molecule has 0 bridgehead atoms. The average Bonchev–Trinajstić information content (AvgIpc) is 2.82. The third kappa shape index (κ3) is 3.06. The fourth-order valence-corrected chi connectivity index (χ4v) is 4.26. The molecule has 0 aromatic carbocycles. The lowest BCUT2D eigenvalue weighted by atomic mass is 9.90. The lowest BCUT2D eigenvalue weighted by molar-refractivity contribution is 0.357. The number of rotatable bonds is 4. The molecule has 1 saturated carbocycles. The molecule has 1 aromatic heterocycles. The van der Waals surface area contributed by atoms with Gasteiger partial charge in [-0.3, -0.25) is 0 Å². The van der Waals surface area contributed by atoms with E-state index in [0.717, 1.165) is 12.8 Å². The zero-order valence-electron chi connectivity index (χ0n) is 9.19. The normalized spacial score (nSPS) is 18.8. The molecule has 0 spiro atoms. The molecule has 1 aromatic rings. The molecule has 0 saturated heterocycles. The molecule has 0 aliphatic heterocycles. The summed E-state index contributed by atoms with van der Waals surface area (Å²) in [4.78, 5) is 0. The maximum atomic E-state index is 11.8. The minimum Gasteiger partial charge on any atom is -0.210 e. The van der Waals surface area contributed by atoms with E-state index >= 15 is 0 Å². The highest BCUT2D eigenvalue weighted by molar-refractivity contribution is 7.91. The van der Waals surface area contributed by atoms with Crippen LogP contribution in [0.3, 0.4) is 0 Å². The highest BCUT2D eigenvalue weighted by Gasteiger charge is 2.19. The molecule has 2 rings (SSSR count). The Hall–Kier alpha value is -0.390. The summed E-state index contributed by atoms with van der Waals surface area (Å²) in [5, 5.41) is 1.79. The first-order valence-corrected chi connectivity index (χ1v) is 8.08. The lowest BCUT2D eigenvalue weighted by Crippen LogP contribution is -2.29. The number of sulfonamides is 1. The number of hydrogen-bond donors (Lipinski definition) is 1. The predicted octanol–water partition coefficient (Wildman–Crippen LogP) is 2.61. The number of thiophene rings is 1. The SMILES string of the molecule is O=S(=O)(NCC1CCCCC1)c1cccs1. The molecule has 0 amide bonds. The van der Waals surface area contributed by atoms with Gasteiger partial charge in [0, 0.05) is 6.54 Å². The van der Waals surface area contributed by atoms with Crippen molar-refractivity contribution in [1.29, 1.82) is 0 Å². The standard InChI is InChI=1S/C11H17NO2S2/c13-16(14,11-7-4-8-15-11)12-9-10-5-2-1-3-6-10/h4,7-8,10,12H,1-3,5-6,9H2. The largest absolute Gasteiger partial charge is 0.250 e. The molecule has 90 valence electrons. The van der Waals surface area contributed by atoms with Crippen molar-refractivity contribution in [1.82, 2.24) is 4.72 Å². The Balaban J connectivity index is 1.89. The summed E-state index contributed by atoms with van der Waals surface area (Å²) in [7, 11) is -3.25. The Labute approximate surface area is 101 Å². The third-order valence-electron chi connectivity index (χ3n) is 3.05. The third-order valence-corrected chi connectivity index (χ3v) is 5.87. The van der Waals surface area contributed by atoms with Crippen LogP contribution in [0.5, 0.6) is 0 Å². The van der Waals surface area contributed by atoms with Gasteiger partial charge in [0.05, 0.1) is 0 Å². The number of hydrogen-bond acceptors (Lipinski definition) is 3. The minimum atomic E-state index is -3.25. The molecule has 3 nitrogen and oxygen atoms in total. The van der Waals surface area contributed by atoms with E-state index in [2.05, 4.69) is 4.72 Å². The van der Waals surface area contributed by atoms with E-state index in [1.165, 1.54) is 30.6 Å². The summed E-state index contributed by atoms with van der Waals surface area (Å²) < 4.78 is 26.8. The predicted molar refractivity (Wildman–Crippen MR) is 66.1 cm³/mol. The smallest absolute Gasteiger partial charge is 0.210 e. The second kappa shape index (κ2) is 5.29. The first-order valence-electron chi connectivity index (χ1n) is 5.72. The molecule has 1 aliphatic rings. The molecule has 0 radical (unpaired) electrons. The maximum absolute atomic E-state index is 11.8. The van der Waals surface area contributed by atoms with Crippen LogP contribution < -0.4 is 4.72 Å². The van der Waals surface area contributed by atoms with Crippen molar-refractivity contribution in [3.8, 4) is 0 Å². The Morgan fingerprint density at radius 3 is 2.69 bits per heavy atom. The maximum Gasteiger partial charge on any atom is 0.250 e. The Kier molecular flexibility index (Phi) is 4.00. The average molecular weight is 259 g/mol. The van der Waals surface area contributed by atoms with Crippen molar-refractivity contribution >= 4 is 21.4 Å². The summed E-state index contributed by atoms with van der Waals surface area (Å²) >= 11 is 1.27. The van der Waals surface area contributed by atoms with Crippen LogP contribution in [0.2, 0.25) is 0 Å². The summed E-state index contributed by atoms with van der Waals surface area (Å²) in [6.07, 6.45) is 6.10. The topological polar surface area (TPSA) is 46.2 Å². The molecular weight excluding hydrogens is 242 g/mol. The van der Waals surface area contributed by atoms with E-state index in [0.29, 0.717) is 16.7 Å². The van der Waals surface area contributed by atoms with Crippen molar-refractivity contribution in [2.75, 3.05) is 6.54 Å². The summed E-state index contributed by atoms with van der Waals surface area (Å²) in [5.41, 5.74) is 0. The van der Waals surface area contributed by atoms with Gasteiger partial charge in [0.15, 0.2) is 0 Å². The van der Waals surface area contributed by atoms with Crippen molar-refractivity contribution in [3.05, 3.63) is 17.5 Å². The van der Waals surface area contributed by atoms with Gasteiger partial charge in [-0.2, -0.15) is 0 Å². The van der Waals surface area contributed by atoms with Gasteiger partial charge in [-0.05, 0) is 30.2 Å². The van der Waals surface area contributed by atoms with Gasteiger partial charge in [-0.15, -0.1) is 11.3 Å².